The monoisotopic (exact) mass is 498 g/mol. The van der Waals surface area contributed by atoms with E-state index in [-0.39, 0.29) is 5.91 Å². The summed E-state index contributed by atoms with van der Waals surface area (Å²) in [7, 11) is 0. The SMILES string of the molecule is Cc1nnc2n1-c1ccc(NC(=O)CN3CCCN(Cc4ccc(Cl)c(Cl)c4)CC3)cc1CC2. The predicted molar refractivity (Wildman–Crippen MR) is 135 cm³/mol. The van der Waals surface area contributed by atoms with E-state index in [9.17, 15) is 4.79 Å². The number of anilines is 1. The fraction of sp³-hybridized carbons (Fsp3) is 0.400. The molecular formula is C25H28Cl2N6O. The zero-order valence-electron chi connectivity index (χ0n) is 19.2. The topological polar surface area (TPSA) is 66.3 Å². The van der Waals surface area contributed by atoms with E-state index >= 15 is 0 Å². The molecule has 7 nitrogen and oxygen atoms in total. The molecule has 1 fully saturated rings. The molecule has 1 aromatic heterocycles. The Morgan fingerprint density at radius 2 is 1.79 bits per heavy atom. The average Bonchev–Trinajstić information content (AvgIpc) is 3.06. The van der Waals surface area contributed by atoms with Gasteiger partial charge in [0, 0.05) is 31.7 Å². The molecule has 3 aromatic rings. The van der Waals surface area contributed by atoms with Crippen LogP contribution in [-0.2, 0) is 24.2 Å². The predicted octanol–water partition coefficient (Wildman–Crippen LogP) is 4.13. The van der Waals surface area contributed by atoms with Gasteiger partial charge in [0.15, 0.2) is 0 Å². The van der Waals surface area contributed by atoms with Gasteiger partial charge in [-0.1, -0.05) is 29.3 Å². The minimum absolute atomic E-state index is 0.0230. The molecule has 2 aromatic carbocycles. The quantitative estimate of drug-likeness (QED) is 0.572. The van der Waals surface area contributed by atoms with Crippen molar-refractivity contribution >= 4 is 34.8 Å². The molecule has 0 atom stereocenters. The first-order chi connectivity index (χ1) is 16.5. The second-order valence-corrected chi connectivity index (χ2v) is 9.86. The molecule has 1 saturated heterocycles. The van der Waals surface area contributed by atoms with Crippen molar-refractivity contribution in [3.05, 3.63) is 69.2 Å². The highest BCUT2D eigenvalue weighted by Gasteiger charge is 2.21. The van der Waals surface area contributed by atoms with Gasteiger partial charge in [-0.05, 0) is 74.3 Å². The third kappa shape index (κ3) is 5.13. The molecule has 5 rings (SSSR count). The molecule has 0 saturated carbocycles. The lowest BCUT2D eigenvalue weighted by molar-refractivity contribution is -0.117. The number of carbonyl (C=O) groups excluding carboxylic acids is 1. The highest BCUT2D eigenvalue weighted by Crippen LogP contribution is 2.27. The lowest BCUT2D eigenvalue weighted by Gasteiger charge is -2.22. The van der Waals surface area contributed by atoms with Gasteiger partial charge in [0.25, 0.3) is 0 Å². The van der Waals surface area contributed by atoms with Crippen molar-refractivity contribution in [1.29, 1.82) is 0 Å². The third-order valence-corrected chi connectivity index (χ3v) is 7.29. The molecule has 0 spiro atoms. The van der Waals surface area contributed by atoms with Gasteiger partial charge >= 0.3 is 0 Å². The minimum Gasteiger partial charge on any atom is -0.325 e. The average molecular weight is 499 g/mol. The number of carbonyl (C=O) groups is 1. The van der Waals surface area contributed by atoms with Crippen molar-refractivity contribution in [3.63, 3.8) is 0 Å². The van der Waals surface area contributed by atoms with Gasteiger partial charge in [-0.3, -0.25) is 19.2 Å². The number of aromatic nitrogens is 3. The summed E-state index contributed by atoms with van der Waals surface area (Å²) in [5, 5.41) is 12.7. The number of amides is 1. The van der Waals surface area contributed by atoms with E-state index in [0.717, 1.165) is 80.6 Å². The number of fused-ring (bicyclic) bond motifs is 3. The fourth-order valence-electron chi connectivity index (χ4n) is 4.85. The Bertz CT molecular complexity index is 1210. The van der Waals surface area contributed by atoms with Crippen LogP contribution in [0.15, 0.2) is 36.4 Å². The second-order valence-electron chi connectivity index (χ2n) is 9.04. The molecule has 0 bridgehead atoms. The van der Waals surface area contributed by atoms with Crippen LogP contribution in [0.1, 0.15) is 29.2 Å². The zero-order chi connectivity index (χ0) is 23.7. The van der Waals surface area contributed by atoms with Crippen LogP contribution >= 0.6 is 23.2 Å². The first-order valence-corrected chi connectivity index (χ1v) is 12.4. The molecular weight excluding hydrogens is 471 g/mol. The largest absolute Gasteiger partial charge is 0.325 e. The van der Waals surface area contributed by atoms with Crippen molar-refractivity contribution < 1.29 is 4.79 Å². The Hall–Kier alpha value is -2.45. The van der Waals surface area contributed by atoms with E-state index in [1.807, 2.05) is 31.2 Å². The third-order valence-electron chi connectivity index (χ3n) is 6.55. The van der Waals surface area contributed by atoms with Gasteiger partial charge in [-0.2, -0.15) is 0 Å². The van der Waals surface area contributed by atoms with Crippen molar-refractivity contribution in [2.45, 2.75) is 32.7 Å². The molecule has 1 N–H and O–H groups in total. The van der Waals surface area contributed by atoms with Crippen LogP contribution in [0.5, 0.6) is 0 Å². The first kappa shape index (κ1) is 23.3. The molecule has 34 heavy (non-hydrogen) atoms. The standard InChI is InChI=1S/C25H28Cl2N6O/c1-17-29-30-24-8-4-19-14-20(5-7-23(19)33(17)24)28-25(34)16-32-10-2-9-31(11-12-32)15-18-3-6-21(26)22(27)13-18/h3,5-7,13-14H,2,4,8-12,15-16H2,1H3,(H,28,34). The van der Waals surface area contributed by atoms with Gasteiger partial charge in [-0.15, -0.1) is 10.2 Å². The Morgan fingerprint density at radius 1 is 0.971 bits per heavy atom. The number of nitrogens with one attached hydrogen (secondary N) is 1. The van der Waals surface area contributed by atoms with E-state index in [0.29, 0.717) is 16.6 Å². The molecule has 2 aliphatic rings. The Morgan fingerprint density at radius 3 is 2.65 bits per heavy atom. The molecule has 0 unspecified atom stereocenters. The Kier molecular flexibility index (Phi) is 6.88. The van der Waals surface area contributed by atoms with Crippen LogP contribution in [-0.4, -0.2) is 63.2 Å². The van der Waals surface area contributed by atoms with Crippen LogP contribution in [0.2, 0.25) is 10.0 Å². The molecule has 9 heteroatoms. The van der Waals surface area contributed by atoms with E-state index in [4.69, 9.17) is 23.2 Å². The molecule has 0 radical (unpaired) electrons. The second kappa shape index (κ2) is 10.0. The number of halogens is 2. The summed E-state index contributed by atoms with van der Waals surface area (Å²) in [6, 6.07) is 11.9. The maximum absolute atomic E-state index is 12.8. The first-order valence-electron chi connectivity index (χ1n) is 11.7. The zero-order valence-corrected chi connectivity index (χ0v) is 20.7. The molecule has 178 valence electrons. The fourth-order valence-corrected chi connectivity index (χ4v) is 5.17. The van der Waals surface area contributed by atoms with Crippen molar-refractivity contribution in [2.75, 3.05) is 38.0 Å². The van der Waals surface area contributed by atoms with Crippen molar-refractivity contribution in [3.8, 4) is 5.69 Å². The van der Waals surface area contributed by atoms with Gasteiger partial charge in [0.1, 0.15) is 11.6 Å². The molecule has 0 aliphatic carbocycles. The lowest BCUT2D eigenvalue weighted by atomic mass is 10.0. The maximum Gasteiger partial charge on any atom is 0.238 e. The number of hydrogen-bond donors (Lipinski definition) is 1. The minimum atomic E-state index is 0.0230. The van der Waals surface area contributed by atoms with E-state index in [1.165, 1.54) is 5.56 Å². The van der Waals surface area contributed by atoms with Crippen LogP contribution in [0.25, 0.3) is 5.69 Å². The number of hydrogen-bond acceptors (Lipinski definition) is 5. The summed E-state index contributed by atoms with van der Waals surface area (Å²) in [6.45, 7) is 6.86. The van der Waals surface area contributed by atoms with Gasteiger partial charge in [0.05, 0.1) is 22.3 Å². The maximum atomic E-state index is 12.8. The molecule has 3 heterocycles. The van der Waals surface area contributed by atoms with Gasteiger partial charge in [-0.25, -0.2) is 0 Å². The van der Waals surface area contributed by atoms with Gasteiger partial charge < -0.3 is 5.32 Å². The normalized spacial score (nSPS) is 16.6. The van der Waals surface area contributed by atoms with Crippen LogP contribution < -0.4 is 5.32 Å². The summed E-state index contributed by atoms with van der Waals surface area (Å²) in [6.07, 6.45) is 2.78. The number of rotatable bonds is 5. The lowest BCUT2D eigenvalue weighted by Crippen LogP contribution is -2.36. The van der Waals surface area contributed by atoms with Crippen molar-refractivity contribution in [2.24, 2.45) is 0 Å². The Balaban J connectivity index is 1.15. The number of benzene rings is 2. The molecule has 2 aliphatic heterocycles. The summed E-state index contributed by atoms with van der Waals surface area (Å²) < 4.78 is 2.10. The molecule has 1 amide bonds. The van der Waals surface area contributed by atoms with Crippen LogP contribution in [0.3, 0.4) is 0 Å². The van der Waals surface area contributed by atoms with E-state index < -0.39 is 0 Å². The number of nitrogens with zero attached hydrogens (tertiary/aromatic N) is 5. The summed E-state index contributed by atoms with van der Waals surface area (Å²) >= 11 is 12.2. The van der Waals surface area contributed by atoms with Gasteiger partial charge in [0.2, 0.25) is 5.91 Å². The highest BCUT2D eigenvalue weighted by molar-refractivity contribution is 6.42. The Labute approximate surface area is 209 Å². The summed E-state index contributed by atoms with van der Waals surface area (Å²) in [4.78, 5) is 17.4. The van der Waals surface area contributed by atoms with E-state index in [1.54, 1.807) is 0 Å². The van der Waals surface area contributed by atoms with E-state index in [2.05, 4.69) is 42.0 Å². The van der Waals surface area contributed by atoms with Crippen molar-refractivity contribution in [1.82, 2.24) is 24.6 Å². The smallest absolute Gasteiger partial charge is 0.238 e. The highest BCUT2D eigenvalue weighted by atomic mass is 35.5. The number of aryl methyl sites for hydroxylation is 3. The summed E-state index contributed by atoms with van der Waals surface area (Å²) in [5.74, 6) is 1.91. The summed E-state index contributed by atoms with van der Waals surface area (Å²) in [5.41, 5.74) is 4.31. The van der Waals surface area contributed by atoms with Crippen LogP contribution in [0.4, 0.5) is 5.69 Å². The van der Waals surface area contributed by atoms with Crippen LogP contribution in [0, 0.1) is 6.92 Å².